The van der Waals surface area contributed by atoms with Crippen LogP contribution >= 0.6 is 0 Å². The van der Waals surface area contributed by atoms with Crippen LogP contribution in [0, 0.1) is 13.8 Å². The summed E-state index contributed by atoms with van der Waals surface area (Å²) < 4.78 is 14.3. The van der Waals surface area contributed by atoms with Crippen molar-refractivity contribution in [1.29, 1.82) is 0 Å². The van der Waals surface area contributed by atoms with E-state index in [0.717, 1.165) is 12.0 Å². The fourth-order valence-electron chi connectivity index (χ4n) is 3.65. The molecule has 1 fully saturated rings. The molecule has 1 aliphatic heterocycles. The fourth-order valence-corrected chi connectivity index (χ4v) is 3.65. The van der Waals surface area contributed by atoms with E-state index in [-0.39, 0.29) is 24.1 Å². The number of rotatable bonds is 4. The highest BCUT2D eigenvalue weighted by Crippen LogP contribution is 2.37. The van der Waals surface area contributed by atoms with E-state index in [4.69, 9.17) is 9.26 Å². The van der Waals surface area contributed by atoms with Crippen LogP contribution in [0.3, 0.4) is 0 Å². The highest BCUT2D eigenvalue weighted by Gasteiger charge is 2.31. The Kier molecular flexibility index (Phi) is 4.24. The molecule has 1 aliphatic rings. The maximum atomic E-state index is 12.7. The number of benzene rings is 1. The summed E-state index contributed by atoms with van der Waals surface area (Å²) in [4.78, 5) is 21.3. The van der Waals surface area contributed by atoms with Gasteiger partial charge in [-0.1, -0.05) is 35.0 Å². The third kappa shape index (κ3) is 3.23. The van der Waals surface area contributed by atoms with E-state index < -0.39 is 0 Å². The van der Waals surface area contributed by atoms with E-state index in [0.29, 0.717) is 29.5 Å². The minimum atomic E-state index is -0.196. The monoisotopic (exact) mass is 392 g/mol. The fraction of sp³-hybridized carbons (Fsp3) is 0.350. The minimum Gasteiger partial charge on any atom is -0.373 e. The van der Waals surface area contributed by atoms with Gasteiger partial charge in [-0.05, 0) is 25.8 Å². The number of hydrogen-bond donors (Lipinski definition) is 0. The molecule has 0 amide bonds. The summed E-state index contributed by atoms with van der Waals surface area (Å²) >= 11 is 0. The normalized spacial score (nSPS) is 19.2. The lowest BCUT2D eigenvalue weighted by molar-refractivity contribution is 0.110. The first-order chi connectivity index (χ1) is 14.1. The van der Waals surface area contributed by atoms with Crippen LogP contribution in [0.2, 0.25) is 0 Å². The molecule has 1 aromatic carbocycles. The molecule has 2 atom stereocenters. The summed E-state index contributed by atoms with van der Waals surface area (Å²) in [5.74, 6) is 1.04. The van der Waals surface area contributed by atoms with Gasteiger partial charge in [-0.2, -0.15) is 10.1 Å². The van der Waals surface area contributed by atoms with Gasteiger partial charge >= 0.3 is 0 Å². The van der Waals surface area contributed by atoms with Gasteiger partial charge in [0.15, 0.2) is 11.3 Å². The van der Waals surface area contributed by atoms with Crippen molar-refractivity contribution >= 4 is 5.52 Å². The van der Waals surface area contributed by atoms with Crippen LogP contribution < -0.4 is 5.56 Å². The lowest BCUT2D eigenvalue weighted by Gasteiger charge is -2.09. The molecule has 3 aromatic heterocycles. The molecule has 4 aromatic rings. The second-order valence-electron chi connectivity index (χ2n) is 7.40. The maximum absolute atomic E-state index is 12.7. The molecule has 0 aliphatic carbocycles. The molecular formula is C20H20N6O3. The highest BCUT2D eigenvalue weighted by atomic mass is 16.5. The average Bonchev–Trinajstić information content (AvgIpc) is 3.45. The third-order valence-electron chi connectivity index (χ3n) is 5.31. The van der Waals surface area contributed by atoms with E-state index in [1.165, 1.54) is 27.3 Å². The molecule has 4 heterocycles. The molecule has 0 radical (unpaired) electrons. The molecule has 9 heteroatoms. The van der Waals surface area contributed by atoms with Gasteiger partial charge in [-0.3, -0.25) is 9.36 Å². The summed E-state index contributed by atoms with van der Waals surface area (Å²) in [6, 6.07) is 8.36. The first-order valence-electron chi connectivity index (χ1n) is 9.48. The van der Waals surface area contributed by atoms with Crippen LogP contribution in [0.5, 0.6) is 0 Å². The van der Waals surface area contributed by atoms with Crippen molar-refractivity contribution in [3.05, 3.63) is 75.8 Å². The lowest BCUT2D eigenvalue weighted by Crippen LogP contribution is -2.23. The standard InChI is InChI=1S/C20H20N6O3/c1-12-3-5-14(6-4-12)16-7-15(9-28-16)19-23-17(29-24-19)8-25-11-22-26-10-21-13(2)18(26)20(25)27/h3-6,10-11,15-16H,7-9H2,1-2H3/t15-,16+/m0/s1. The zero-order chi connectivity index (χ0) is 20.0. The van der Waals surface area contributed by atoms with Crippen molar-refractivity contribution in [3.8, 4) is 0 Å². The van der Waals surface area contributed by atoms with Crippen LogP contribution in [-0.4, -0.2) is 35.9 Å². The second kappa shape index (κ2) is 6.93. The lowest BCUT2D eigenvalue weighted by atomic mass is 9.99. The molecular weight excluding hydrogens is 372 g/mol. The Morgan fingerprint density at radius 3 is 2.83 bits per heavy atom. The predicted octanol–water partition coefficient (Wildman–Crippen LogP) is 2.18. The van der Waals surface area contributed by atoms with Gasteiger partial charge in [-0.15, -0.1) is 0 Å². The minimum absolute atomic E-state index is 0.0293. The number of hydrogen-bond acceptors (Lipinski definition) is 7. The second-order valence-corrected chi connectivity index (χ2v) is 7.40. The molecule has 1 saturated heterocycles. The molecule has 0 N–H and O–H groups in total. The molecule has 5 rings (SSSR count). The number of imidazole rings is 1. The van der Waals surface area contributed by atoms with Gasteiger partial charge in [0.2, 0.25) is 5.89 Å². The molecule has 148 valence electrons. The van der Waals surface area contributed by atoms with Crippen molar-refractivity contribution in [3.63, 3.8) is 0 Å². The third-order valence-corrected chi connectivity index (χ3v) is 5.31. The summed E-state index contributed by atoms with van der Waals surface area (Å²) in [7, 11) is 0. The van der Waals surface area contributed by atoms with Gasteiger partial charge in [0, 0.05) is 5.92 Å². The van der Waals surface area contributed by atoms with E-state index in [2.05, 4.69) is 51.4 Å². The summed E-state index contributed by atoms with van der Waals surface area (Å²) in [6.07, 6.45) is 3.80. The highest BCUT2D eigenvalue weighted by molar-refractivity contribution is 5.47. The first-order valence-corrected chi connectivity index (χ1v) is 9.48. The Morgan fingerprint density at radius 1 is 1.17 bits per heavy atom. The van der Waals surface area contributed by atoms with Gasteiger partial charge in [0.1, 0.15) is 19.2 Å². The van der Waals surface area contributed by atoms with Crippen molar-refractivity contribution < 1.29 is 9.26 Å². The molecule has 0 saturated carbocycles. The topological polar surface area (TPSA) is 100 Å². The summed E-state index contributed by atoms with van der Waals surface area (Å²) in [5.41, 5.74) is 3.26. The molecule has 0 bridgehead atoms. The Labute approximate surface area is 166 Å². The van der Waals surface area contributed by atoms with Gasteiger partial charge in [0.25, 0.3) is 5.56 Å². The van der Waals surface area contributed by atoms with Crippen LogP contribution in [-0.2, 0) is 11.3 Å². The maximum Gasteiger partial charge on any atom is 0.280 e. The Hall–Kier alpha value is -3.33. The number of fused-ring (bicyclic) bond motifs is 1. The number of aromatic nitrogens is 6. The molecule has 9 nitrogen and oxygen atoms in total. The Balaban J connectivity index is 1.32. The zero-order valence-corrected chi connectivity index (χ0v) is 16.1. The van der Waals surface area contributed by atoms with E-state index >= 15 is 0 Å². The van der Waals surface area contributed by atoms with Crippen molar-refractivity contribution in [1.82, 2.24) is 29.3 Å². The average molecular weight is 392 g/mol. The van der Waals surface area contributed by atoms with E-state index in [1.807, 2.05) is 0 Å². The van der Waals surface area contributed by atoms with Crippen LogP contribution in [0.25, 0.3) is 5.52 Å². The largest absolute Gasteiger partial charge is 0.373 e. The Morgan fingerprint density at radius 2 is 2.00 bits per heavy atom. The van der Waals surface area contributed by atoms with Gasteiger partial charge < -0.3 is 9.26 Å². The number of ether oxygens (including phenoxy) is 1. The van der Waals surface area contributed by atoms with Crippen molar-refractivity contribution in [2.45, 2.75) is 38.8 Å². The molecule has 29 heavy (non-hydrogen) atoms. The zero-order valence-electron chi connectivity index (χ0n) is 16.1. The first kappa shape index (κ1) is 17.7. The van der Waals surface area contributed by atoms with Crippen molar-refractivity contribution in [2.24, 2.45) is 0 Å². The van der Waals surface area contributed by atoms with Gasteiger partial charge in [0.05, 0.1) is 18.4 Å². The van der Waals surface area contributed by atoms with Crippen LogP contribution in [0.4, 0.5) is 0 Å². The SMILES string of the molecule is Cc1ccc([C@H]2C[C@H](c3noc(Cn4cnn5cnc(C)c5c4=O)n3)CO2)cc1. The van der Waals surface area contributed by atoms with Crippen LogP contribution in [0.1, 0.15) is 47.0 Å². The van der Waals surface area contributed by atoms with E-state index in [9.17, 15) is 4.79 Å². The quantitative estimate of drug-likeness (QED) is 0.525. The summed E-state index contributed by atoms with van der Waals surface area (Å²) in [6.45, 7) is 4.54. The molecule has 0 spiro atoms. The summed E-state index contributed by atoms with van der Waals surface area (Å²) in [5, 5.41) is 8.32. The van der Waals surface area contributed by atoms with Crippen LogP contribution in [0.15, 0.2) is 46.2 Å². The Bertz CT molecular complexity index is 1220. The van der Waals surface area contributed by atoms with Gasteiger partial charge in [-0.25, -0.2) is 9.50 Å². The predicted molar refractivity (Wildman–Crippen MR) is 103 cm³/mol. The molecule has 0 unspecified atom stereocenters. The van der Waals surface area contributed by atoms with Crippen molar-refractivity contribution in [2.75, 3.05) is 6.61 Å². The number of aryl methyl sites for hydroxylation is 2. The smallest absolute Gasteiger partial charge is 0.280 e. The number of nitrogens with zero attached hydrogens (tertiary/aromatic N) is 6. The van der Waals surface area contributed by atoms with E-state index in [1.54, 1.807) is 6.92 Å².